The first kappa shape index (κ1) is 18.7. The van der Waals surface area contributed by atoms with Crippen molar-refractivity contribution in [3.8, 4) is 0 Å². The highest BCUT2D eigenvalue weighted by molar-refractivity contribution is 14.1. The van der Waals surface area contributed by atoms with Crippen molar-refractivity contribution >= 4 is 57.6 Å². The quantitative estimate of drug-likeness (QED) is 0.402. The normalized spacial score (nSPS) is 19.9. The van der Waals surface area contributed by atoms with Gasteiger partial charge in [0, 0.05) is 3.57 Å². The van der Waals surface area contributed by atoms with Crippen LogP contribution >= 0.6 is 34.4 Å². The molecule has 1 aliphatic rings. The number of rotatable bonds is 4. The minimum atomic E-state index is -4.47. The van der Waals surface area contributed by atoms with Gasteiger partial charge in [0.15, 0.2) is 5.17 Å². The van der Waals surface area contributed by atoms with Crippen molar-refractivity contribution in [3.05, 3.63) is 32.9 Å². The highest BCUT2D eigenvalue weighted by atomic mass is 127. The Morgan fingerprint density at radius 1 is 1.46 bits per heavy atom. The van der Waals surface area contributed by atoms with Crippen molar-refractivity contribution in [2.24, 2.45) is 10.2 Å². The monoisotopic (exact) mass is 471 g/mol. The summed E-state index contributed by atoms with van der Waals surface area (Å²) in [5.41, 5.74) is -0.576. The van der Waals surface area contributed by atoms with Crippen LogP contribution in [0.4, 0.5) is 13.2 Å². The summed E-state index contributed by atoms with van der Waals surface area (Å²) in [6, 6.07) is 3.71. The molecule has 0 saturated carbocycles. The van der Waals surface area contributed by atoms with E-state index >= 15 is 0 Å². The van der Waals surface area contributed by atoms with E-state index in [1.54, 1.807) is 22.6 Å². The molecule has 1 saturated heterocycles. The van der Waals surface area contributed by atoms with Gasteiger partial charge in [-0.15, -0.1) is 5.10 Å². The fourth-order valence-corrected chi connectivity index (χ4v) is 3.29. The van der Waals surface area contributed by atoms with Gasteiger partial charge in [-0.1, -0.05) is 17.8 Å². The number of alkyl halides is 3. The molecule has 0 aromatic heterocycles. The maximum atomic E-state index is 12.8. The number of carboxylic acids is 1. The number of hydrogen-bond acceptors (Lipinski definition) is 5. The zero-order valence-corrected chi connectivity index (χ0v) is 14.6. The molecule has 0 aliphatic carbocycles. The number of hydrogen-bond donors (Lipinski definition) is 2. The zero-order valence-electron chi connectivity index (χ0n) is 11.7. The maximum absolute atomic E-state index is 12.8. The fourth-order valence-electron chi connectivity index (χ4n) is 1.73. The SMILES string of the molecule is O=C(O)CC1SC(=NN=Cc2ccc(I)c(C(F)(F)F)c2)NC1=O. The molecule has 0 spiro atoms. The van der Waals surface area contributed by atoms with Gasteiger partial charge in [-0.25, -0.2) is 0 Å². The first-order valence-corrected chi connectivity index (χ1v) is 8.30. The number of aliphatic carboxylic acids is 1. The maximum Gasteiger partial charge on any atom is 0.417 e. The van der Waals surface area contributed by atoms with Crippen LogP contribution in [0.5, 0.6) is 0 Å². The summed E-state index contributed by atoms with van der Waals surface area (Å²) in [5, 5.41) is 17.6. The van der Waals surface area contributed by atoms with Crippen LogP contribution in [-0.2, 0) is 15.8 Å². The lowest BCUT2D eigenvalue weighted by Crippen LogP contribution is -2.26. The summed E-state index contributed by atoms with van der Waals surface area (Å²) in [6.45, 7) is 0. The molecule has 1 heterocycles. The molecule has 1 fully saturated rings. The summed E-state index contributed by atoms with van der Waals surface area (Å²) < 4.78 is 38.5. The van der Waals surface area contributed by atoms with E-state index in [1.807, 2.05) is 0 Å². The van der Waals surface area contributed by atoms with Gasteiger partial charge in [0.05, 0.1) is 18.2 Å². The molecule has 1 aromatic rings. The van der Waals surface area contributed by atoms with Gasteiger partial charge in [0.2, 0.25) is 5.91 Å². The number of halogens is 4. The number of amides is 1. The second kappa shape index (κ2) is 7.51. The highest BCUT2D eigenvalue weighted by Crippen LogP contribution is 2.33. The van der Waals surface area contributed by atoms with Crippen LogP contribution < -0.4 is 5.32 Å². The fraction of sp³-hybridized carbons (Fsp3) is 0.231. The number of benzene rings is 1. The van der Waals surface area contributed by atoms with Crippen LogP contribution in [0, 0.1) is 3.57 Å². The number of amidine groups is 1. The molecule has 2 rings (SSSR count). The largest absolute Gasteiger partial charge is 0.481 e. The molecule has 1 aliphatic heterocycles. The third-order valence-corrected chi connectivity index (χ3v) is 4.80. The van der Waals surface area contributed by atoms with E-state index in [0.717, 1.165) is 24.0 Å². The van der Waals surface area contributed by atoms with E-state index < -0.39 is 28.9 Å². The molecule has 0 bridgehead atoms. The predicted octanol–water partition coefficient (Wildman–Crippen LogP) is 2.71. The molecule has 24 heavy (non-hydrogen) atoms. The van der Waals surface area contributed by atoms with Crippen molar-refractivity contribution in [2.45, 2.75) is 17.8 Å². The molecule has 1 aromatic carbocycles. The van der Waals surface area contributed by atoms with Crippen LogP contribution in [0.1, 0.15) is 17.5 Å². The zero-order chi connectivity index (χ0) is 17.9. The topological polar surface area (TPSA) is 91.1 Å². The average molecular weight is 471 g/mol. The standard InChI is InChI=1S/C13H9F3IN3O3S/c14-13(15,16)7-3-6(1-2-8(7)17)5-18-20-12-19-11(23)9(24-12)4-10(21)22/h1-3,5,9H,4H2,(H,21,22)(H,19,20,23). The number of nitrogens with one attached hydrogen (secondary N) is 1. The average Bonchev–Trinajstić information content (AvgIpc) is 2.79. The van der Waals surface area contributed by atoms with E-state index in [4.69, 9.17) is 5.11 Å². The smallest absolute Gasteiger partial charge is 0.417 e. The molecule has 1 atom stereocenters. The molecule has 11 heteroatoms. The minimum Gasteiger partial charge on any atom is -0.481 e. The summed E-state index contributed by atoms with van der Waals surface area (Å²) >= 11 is 2.50. The lowest BCUT2D eigenvalue weighted by atomic mass is 10.1. The Labute approximate surface area is 151 Å². The minimum absolute atomic E-state index is 0.0682. The van der Waals surface area contributed by atoms with Gasteiger partial charge in [0.1, 0.15) is 5.25 Å². The summed E-state index contributed by atoms with van der Waals surface area (Å²) in [4.78, 5) is 22.1. The molecule has 1 unspecified atom stereocenters. The predicted molar refractivity (Wildman–Crippen MR) is 91.0 cm³/mol. The van der Waals surface area contributed by atoms with Gasteiger partial charge in [0.25, 0.3) is 0 Å². The van der Waals surface area contributed by atoms with Crippen LogP contribution in [0.15, 0.2) is 28.4 Å². The van der Waals surface area contributed by atoms with Crippen molar-refractivity contribution in [2.75, 3.05) is 0 Å². The first-order valence-electron chi connectivity index (χ1n) is 6.34. The van der Waals surface area contributed by atoms with Crippen LogP contribution in [-0.4, -0.2) is 33.6 Å². The van der Waals surface area contributed by atoms with Crippen molar-refractivity contribution in [3.63, 3.8) is 0 Å². The van der Waals surface area contributed by atoms with Crippen molar-refractivity contribution < 1.29 is 27.9 Å². The molecule has 2 N–H and O–H groups in total. The number of carboxylic acid groups (broad SMARTS) is 1. The molecule has 0 radical (unpaired) electrons. The van der Waals surface area contributed by atoms with Gasteiger partial charge >= 0.3 is 12.1 Å². The molecule has 6 nitrogen and oxygen atoms in total. The van der Waals surface area contributed by atoms with E-state index in [-0.39, 0.29) is 20.7 Å². The number of carbonyl (C=O) groups is 2. The van der Waals surface area contributed by atoms with Gasteiger partial charge in [-0.3, -0.25) is 9.59 Å². The van der Waals surface area contributed by atoms with Crippen LogP contribution in [0.3, 0.4) is 0 Å². The first-order chi connectivity index (χ1) is 11.2. The Kier molecular flexibility index (Phi) is 5.85. The second-order valence-electron chi connectivity index (χ2n) is 4.58. The number of thioether (sulfide) groups is 1. The second-order valence-corrected chi connectivity index (χ2v) is 6.93. The Morgan fingerprint density at radius 3 is 2.79 bits per heavy atom. The Hall–Kier alpha value is -1.63. The van der Waals surface area contributed by atoms with E-state index in [0.29, 0.717) is 0 Å². The molecular formula is C13H9F3IN3O3S. The molecule has 1 amide bonds. The summed E-state index contributed by atoms with van der Waals surface area (Å²) in [5.74, 6) is -1.61. The van der Waals surface area contributed by atoms with Crippen LogP contribution in [0.25, 0.3) is 0 Å². The highest BCUT2D eigenvalue weighted by Gasteiger charge is 2.33. The Morgan fingerprint density at radius 2 is 2.17 bits per heavy atom. The Bertz CT molecular complexity index is 737. The number of carbonyl (C=O) groups excluding carboxylic acids is 1. The third-order valence-electron chi connectivity index (χ3n) is 2.79. The number of nitrogens with zero attached hydrogens (tertiary/aromatic N) is 2. The molecular weight excluding hydrogens is 462 g/mol. The van der Waals surface area contributed by atoms with E-state index in [1.165, 1.54) is 12.1 Å². The lowest BCUT2D eigenvalue weighted by molar-refractivity contribution is -0.139. The third kappa shape index (κ3) is 4.93. The summed E-state index contributed by atoms with van der Waals surface area (Å²) in [6.07, 6.45) is -3.70. The van der Waals surface area contributed by atoms with E-state index in [9.17, 15) is 22.8 Å². The van der Waals surface area contributed by atoms with E-state index in [2.05, 4.69) is 15.5 Å². The Balaban J connectivity index is 2.10. The molecule has 128 valence electrons. The van der Waals surface area contributed by atoms with Gasteiger partial charge in [-0.2, -0.15) is 18.3 Å². The van der Waals surface area contributed by atoms with Crippen LogP contribution in [0.2, 0.25) is 0 Å². The van der Waals surface area contributed by atoms with Gasteiger partial charge in [-0.05, 0) is 40.3 Å². The van der Waals surface area contributed by atoms with Gasteiger partial charge < -0.3 is 10.4 Å². The van der Waals surface area contributed by atoms with Crippen molar-refractivity contribution in [1.29, 1.82) is 0 Å². The summed E-state index contributed by atoms with van der Waals surface area (Å²) in [7, 11) is 0. The lowest BCUT2D eigenvalue weighted by Gasteiger charge is -2.09. The van der Waals surface area contributed by atoms with Crippen molar-refractivity contribution in [1.82, 2.24) is 5.32 Å².